The van der Waals surface area contributed by atoms with Gasteiger partial charge >= 0.3 is 0 Å². The molecule has 0 atom stereocenters. The van der Waals surface area contributed by atoms with Gasteiger partial charge in [-0.15, -0.1) is 10.2 Å². The van der Waals surface area contributed by atoms with E-state index >= 15 is 0 Å². The van der Waals surface area contributed by atoms with E-state index < -0.39 is 0 Å². The van der Waals surface area contributed by atoms with Crippen LogP contribution in [0.4, 0.5) is 0 Å². The van der Waals surface area contributed by atoms with Crippen molar-refractivity contribution in [2.45, 2.75) is 51.8 Å². The van der Waals surface area contributed by atoms with E-state index in [-0.39, 0.29) is 0 Å². The van der Waals surface area contributed by atoms with Crippen molar-refractivity contribution >= 4 is 5.96 Å². The fraction of sp³-hybridized carbons (Fsp3) is 0.611. The summed E-state index contributed by atoms with van der Waals surface area (Å²) < 4.78 is 13.0. The lowest BCUT2D eigenvalue weighted by molar-refractivity contribution is 0.105. The molecule has 2 aromatic rings. The number of aromatic nitrogens is 3. The van der Waals surface area contributed by atoms with Gasteiger partial charge in [0.25, 0.3) is 0 Å². The Labute approximate surface area is 154 Å². The maximum atomic E-state index is 5.57. The Balaban J connectivity index is 1.34. The van der Waals surface area contributed by atoms with Crippen molar-refractivity contribution in [3.8, 4) is 0 Å². The predicted octanol–water partition coefficient (Wildman–Crippen LogP) is 1.87. The van der Waals surface area contributed by atoms with Crippen molar-refractivity contribution in [1.29, 1.82) is 0 Å². The van der Waals surface area contributed by atoms with Crippen LogP contribution in [0.2, 0.25) is 0 Å². The number of fused-ring (bicyclic) bond motifs is 1. The second-order valence-electron chi connectivity index (χ2n) is 6.33. The van der Waals surface area contributed by atoms with Gasteiger partial charge in [0.1, 0.15) is 18.2 Å². The topological polar surface area (TPSA) is 89.5 Å². The molecule has 142 valence electrons. The Hall–Kier alpha value is -2.35. The number of ether oxygens (including phenoxy) is 1. The van der Waals surface area contributed by atoms with Crippen LogP contribution in [0, 0.1) is 0 Å². The highest BCUT2D eigenvalue weighted by atomic mass is 16.5. The Morgan fingerprint density at radius 2 is 2.27 bits per heavy atom. The molecule has 2 N–H and O–H groups in total. The van der Waals surface area contributed by atoms with Crippen molar-refractivity contribution in [3.05, 3.63) is 35.8 Å². The fourth-order valence-corrected chi connectivity index (χ4v) is 3.01. The molecule has 0 saturated heterocycles. The zero-order valence-electron chi connectivity index (χ0n) is 15.4. The number of nitrogens with zero attached hydrogens (tertiary/aromatic N) is 4. The van der Waals surface area contributed by atoms with Crippen LogP contribution in [-0.2, 0) is 30.9 Å². The van der Waals surface area contributed by atoms with Crippen molar-refractivity contribution in [1.82, 2.24) is 25.4 Å². The van der Waals surface area contributed by atoms with Crippen molar-refractivity contribution in [2.75, 3.05) is 20.2 Å². The normalized spacial score (nSPS) is 14.7. The van der Waals surface area contributed by atoms with Crippen LogP contribution in [0.3, 0.4) is 0 Å². The lowest BCUT2D eigenvalue weighted by Gasteiger charge is -2.12. The number of hydrogen-bond acceptors (Lipinski definition) is 5. The van der Waals surface area contributed by atoms with E-state index in [2.05, 4.69) is 30.4 Å². The molecule has 0 amide bonds. The lowest BCUT2D eigenvalue weighted by Crippen LogP contribution is -2.38. The molecule has 1 aliphatic heterocycles. The number of furan rings is 1. The minimum atomic E-state index is 0.512. The third-order valence-corrected chi connectivity index (χ3v) is 4.41. The van der Waals surface area contributed by atoms with E-state index in [1.807, 2.05) is 12.1 Å². The van der Waals surface area contributed by atoms with Gasteiger partial charge in [-0.1, -0.05) is 6.42 Å². The molecule has 0 unspecified atom stereocenters. The summed E-state index contributed by atoms with van der Waals surface area (Å²) in [6, 6.07) is 3.78. The second-order valence-corrected chi connectivity index (χ2v) is 6.33. The molecule has 26 heavy (non-hydrogen) atoms. The molecule has 8 heteroatoms. The minimum Gasteiger partial charge on any atom is -0.467 e. The first-order valence-corrected chi connectivity index (χ1v) is 9.32. The molecular weight excluding hydrogens is 332 g/mol. The van der Waals surface area contributed by atoms with Gasteiger partial charge in [0.2, 0.25) is 0 Å². The highest BCUT2D eigenvalue weighted by Gasteiger charge is 2.14. The van der Waals surface area contributed by atoms with E-state index in [0.29, 0.717) is 19.8 Å². The molecule has 0 spiro atoms. The lowest BCUT2D eigenvalue weighted by atomic mass is 10.2. The standard InChI is InChI=1S/C18H28N6O2/c1-19-18(20-9-6-11-25-14-15-7-5-12-26-15)21-13-17-23-22-16-8-3-2-4-10-24(16)17/h5,7,12H,2-4,6,8-11,13-14H2,1H3,(H2,19,20,21). The van der Waals surface area contributed by atoms with E-state index in [0.717, 1.165) is 49.3 Å². The number of aliphatic imine (C=N–C) groups is 1. The summed E-state index contributed by atoms with van der Waals surface area (Å²) in [5.74, 6) is 3.70. The van der Waals surface area contributed by atoms with E-state index in [1.165, 1.54) is 19.3 Å². The van der Waals surface area contributed by atoms with Gasteiger partial charge in [0.05, 0.1) is 12.8 Å². The van der Waals surface area contributed by atoms with E-state index in [4.69, 9.17) is 9.15 Å². The van der Waals surface area contributed by atoms with Crippen LogP contribution in [0.25, 0.3) is 0 Å². The summed E-state index contributed by atoms with van der Waals surface area (Å²) in [5, 5.41) is 15.3. The van der Waals surface area contributed by atoms with Gasteiger partial charge in [-0.25, -0.2) is 0 Å². The zero-order valence-corrected chi connectivity index (χ0v) is 15.4. The molecule has 2 aromatic heterocycles. The summed E-state index contributed by atoms with van der Waals surface area (Å²) >= 11 is 0. The fourth-order valence-electron chi connectivity index (χ4n) is 3.01. The van der Waals surface area contributed by atoms with Crippen LogP contribution >= 0.6 is 0 Å². The highest BCUT2D eigenvalue weighted by molar-refractivity contribution is 5.79. The van der Waals surface area contributed by atoms with Crippen molar-refractivity contribution in [3.63, 3.8) is 0 Å². The first kappa shape index (κ1) is 18.4. The first-order chi connectivity index (χ1) is 12.9. The molecular formula is C18H28N6O2. The summed E-state index contributed by atoms with van der Waals surface area (Å²) in [5.41, 5.74) is 0. The van der Waals surface area contributed by atoms with Gasteiger partial charge < -0.3 is 24.4 Å². The molecule has 0 fully saturated rings. The third kappa shape index (κ3) is 5.32. The highest BCUT2D eigenvalue weighted by Crippen LogP contribution is 2.14. The molecule has 0 bridgehead atoms. The average molecular weight is 360 g/mol. The van der Waals surface area contributed by atoms with E-state index in [9.17, 15) is 0 Å². The minimum absolute atomic E-state index is 0.512. The molecule has 0 aromatic carbocycles. The zero-order chi connectivity index (χ0) is 18.0. The second kappa shape index (κ2) is 9.96. The molecule has 8 nitrogen and oxygen atoms in total. The maximum absolute atomic E-state index is 5.57. The van der Waals surface area contributed by atoms with Crippen LogP contribution in [-0.4, -0.2) is 40.9 Å². The molecule has 3 heterocycles. The quantitative estimate of drug-likeness (QED) is 0.424. The summed E-state index contributed by atoms with van der Waals surface area (Å²) in [6.07, 6.45) is 7.24. The summed E-state index contributed by atoms with van der Waals surface area (Å²) in [4.78, 5) is 4.26. The van der Waals surface area contributed by atoms with Gasteiger partial charge in [0, 0.05) is 33.2 Å². The van der Waals surface area contributed by atoms with Crippen LogP contribution in [0.15, 0.2) is 27.8 Å². The summed E-state index contributed by atoms with van der Waals surface area (Å²) in [7, 11) is 1.77. The Morgan fingerprint density at radius 3 is 3.12 bits per heavy atom. The van der Waals surface area contributed by atoms with E-state index in [1.54, 1.807) is 13.3 Å². The SMILES string of the molecule is CN=C(NCCCOCc1ccco1)NCc1nnc2n1CCCCC2. The largest absolute Gasteiger partial charge is 0.467 e. The summed E-state index contributed by atoms with van der Waals surface area (Å²) in [6.45, 7) is 3.61. The molecule has 0 radical (unpaired) electrons. The molecule has 1 aliphatic rings. The number of guanidine groups is 1. The number of rotatable bonds is 8. The third-order valence-electron chi connectivity index (χ3n) is 4.41. The monoisotopic (exact) mass is 360 g/mol. The number of nitrogens with one attached hydrogen (secondary N) is 2. The van der Waals surface area contributed by atoms with Gasteiger partial charge in [0.15, 0.2) is 11.8 Å². The maximum Gasteiger partial charge on any atom is 0.191 e. The smallest absolute Gasteiger partial charge is 0.191 e. The van der Waals surface area contributed by atoms with Gasteiger partial charge in [-0.2, -0.15) is 0 Å². The van der Waals surface area contributed by atoms with Crippen LogP contribution < -0.4 is 10.6 Å². The molecule has 3 rings (SSSR count). The first-order valence-electron chi connectivity index (χ1n) is 9.32. The Morgan fingerprint density at radius 1 is 1.31 bits per heavy atom. The van der Waals surface area contributed by atoms with Gasteiger partial charge in [-0.3, -0.25) is 4.99 Å². The van der Waals surface area contributed by atoms with Crippen LogP contribution in [0.1, 0.15) is 43.1 Å². The van der Waals surface area contributed by atoms with Crippen LogP contribution in [0.5, 0.6) is 0 Å². The predicted molar refractivity (Wildman–Crippen MR) is 98.8 cm³/mol. The van der Waals surface area contributed by atoms with Crippen molar-refractivity contribution in [2.24, 2.45) is 4.99 Å². The van der Waals surface area contributed by atoms with Crippen molar-refractivity contribution < 1.29 is 9.15 Å². The Bertz CT molecular complexity index is 680. The average Bonchev–Trinajstić information content (AvgIpc) is 3.25. The molecule has 0 aliphatic carbocycles. The number of hydrogen-bond donors (Lipinski definition) is 2. The Kier molecular flexibility index (Phi) is 7.06. The number of aryl methyl sites for hydroxylation is 1. The van der Waals surface area contributed by atoms with Gasteiger partial charge in [-0.05, 0) is 31.4 Å². The molecule has 0 saturated carbocycles.